The van der Waals surface area contributed by atoms with Gasteiger partial charge in [0.2, 0.25) is 11.8 Å². The summed E-state index contributed by atoms with van der Waals surface area (Å²) in [4.78, 5) is 52.3. The molecule has 0 bridgehead atoms. The average Bonchev–Trinajstić information content (AvgIpc) is 3.14. The van der Waals surface area contributed by atoms with Gasteiger partial charge < -0.3 is 10.2 Å². The minimum atomic E-state index is -0.594. The van der Waals surface area contributed by atoms with Crippen LogP contribution in [0.3, 0.4) is 0 Å². The van der Waals surface area contributed by atoms with Gasteiger partial charge in [-0.2, -0.15) is 0 Å². The number of unbranched alkanes of at least 4 members (excludes halogenated alkanes) is 10. The highest BCUT2D eigenvalue weighted by molar-refractivity contribution is 5.98. The number of benzene rings is 2. The predicted octanol–water partition coefficient (Wildman–Crippen LogP) is 8.74. The minimum absolute atomic E-state index is 0.107. The van der Waals surface area contributed by atoms with E-state index in [1.54, 1.807) is 12.1 Å². The Hall–Kier alpha value is -4.08. The molecule has 6 N–H and O–H groups in total. The summed E-state index contributed by atoms with van der Waals surface area (Å²) in [6.07, 6.45) is 19.0. The highest BCUT2D eigenvalue weighted by atomic mass is 16.3. The highest BCUT2D eigenvalue weighted by Crippen LogP contribution is 2.24. The van der Waals surface area contributed by atoms with Gasteiger partial charge in [0.05, 0.1) is 11.1 Å². The maximum absolute atomic E-state index is 13.2. The van der Waals surface area contributed by atoms with E-state index in [2.05, 4.69) is 35.6 Å². The Morgan fingerprint density at radius 2 is 0.846 bits per heavy atom. The summed E-state index contributed by atoms with van der Waals surface area (Å²) in [6, 6.07) is 10.0. The molecule has 0 saturated heterocycles. The second kappa shape index (κ2) is 25.8. The third kappa shape index (κ3) is 16.5. The summed E-state index contributed by atoms with van der Waals surface area (Å²) in [5, 5.41) is 20.7. The topological polar surface area (TPSA) is 157 Å². The molecule has 2 atom stereocenters. The number of phenols is 2. The van der Waals surface area contributed by atoms with Crippen LogP contribution < -0.4 is 21.7 Å². The zero-order chi connectivity index (χ0) is 38.1. The first-order valence-electron chi connectivity index (χ1n) is 20.0. The van der Waals surface area contributed by atoms with Crippen molar-refractivity contribution in [3.63, 3.8) is 0 Å². The zero-order valence-corrected chi connectivity index (χ0v) is 32.3. The Balaban J connectivity index is 1.90. The van der Waals surface area contributed by atoms with Crippen molar-refractivity contribution in [2.45, 2.75) is 156 Å². The van der Waals surface area contributed by atoms with Gasteiger partial charge in [-0.1, -0.05) is 117 Å². The van der Waals surface area contributed by atoms with E-state index in [1.165, 1.54) is 63.5 Å². The summed E-state index contributed by atoms with van der Waals surface area (Å²) in [5.41, 5.74) is 12.1. The normalized spacial score (nSPS) is 12.2. The van der Waals surface area contributed by atoms with Crippen molar-refractivity contribution in [1.29, 1.82) is 0 Å². The van der Waals surface area contributed by atoms with Crippen LogP contribution in [0.25, 0.3) is 0 Å². The van der Waals surface area contributed by atoms with Crippen molar-refractivity contribution in [3.05, 3.63) is 58.7 Å². The molecule has 0 fully saturated rings. The predicted molar refractivity (Wildman–Crippen MR) is 208 cm³/mol. The van der Waals surface area contributed by atoms with Crippen molar-refractivity contribution in [1.82, 2.24) is 21.7 Å². The molecule has 0 spiro atoms. The molecular formula is C42H66N4O6. The summed E-state index contributed by atoms with van der Waals surface area (Å²) in [5.74, 6) is -3.12. The number of rotatable bonds is 25. The molecule has 2 aromatic carbocycles. The fourth-order valence-electron chi connectivity index (χ4n) is 6.55. The molecule has 0 radical (unpaired) electrons. The third-order valence-electron chi connectivity index (χ3n) is 9.73. The molecule has 0 saturated carbocycles. The molecule has 4 amide bonds. The maximum Gasteiger partial charge on any atom is 0.273 e. The molecule has 0 aliphatic rings. The van der Waals surface area contributed by atoms with E-state index in [1.807, 2.05) is 26.0 Å². The Bertz CT molecular complexity index is 1280. The van der Waals surface area contributed by atoms with E-state index in [4.69, 9.17) is 0 Å². The summed E-state index contributed by atoms with van der Waals surface area (Å²) in [7, 11) is 0. The monoisotopic (exact) mass is 722 g/mol. The second-order valence-electron chi connectivity index (χ2n) is 14.2. The molecular weight excluding hydrogens is 656 g/mol. The van der Waals surface area contributed by atoms with Crippen LogP contribution in [0, 0.1) is 11.8 Å². The minimum Gasteiger partial charge on any atom is -0.507 e. The Labute approximate surface area is 312 Å². The summed E-state index contributed by atoms with van der Waals surface area (Å²) < 4.78 is 0. The van der Waals surface area contributed by atoms with Gasteiger partial charge in [-0.3, -0.25) is 40.9 Å². The molecule has 10 heteroatoms. The molecule has 0 aromatic heterocycles. The SMILES string of the molecule is CCCCCCCCc1ccc(O)c(C(=O)NNC(=O)C(CCC)CCC(CCC)C(=O)NNC(=O)c2cc(CCCCCCCC)ccc2O)c1. The lowest BCUT2D eigenvalue weighted by atomic mass is 9.89. The van der Waals surface area contributed by atoms with Gasteiger partial charge in [-0.25, -0.2) is 0 Å². The number of amides is 4. The lowest BCUT2D eigenvalue weighted by Gasteiger charge is -2.21. The lowest BCUT2D eigenvalue weighted by Crippen LogP contribution is -2.46. The van der Waals surface area contributed by atoms with Crippen molar-refractivity contribution >= 4 is 23.6 Å². The Morgan fingerprint density at radius 3 is 1.21 bits per heavy atom. The molecule has 10 nitrogen and oxygen atoms in total. The highest BCUT2D eigenvalue weighted by Gasteiger charge is 2.25. The van der Waals surface area contributed by atoms with Gasteiger partial charge in [-0.15, -0.1) is 0 Å². The van der Waals surface area contributed by atoms with Gasteiger partial charge >= 0.3 is 0 Å². The second-order valence-corrected chi connectivity index (χ2v) is 14.2. The lowest BCUT2D eigenvalue weighted by molar-refractivity contribution is -0.128. The third-order valence-corrected chi connectivity index (χ3v) is 9.73. The Morgan fingerprint density at radius 1 is 0.481 bits per heavy atom. The van der Waals surface area contributed by atoms with Crippen molar-refractivity contribution < 1.29 is 29.4 Å². The van der Waals surface area contributed by atoms with Crippen LogP contribution in [-0.4, -0.2) is 33.8 Å². The number of carbonyl (C=O) groups is 4. The molecule has 290 valence electrons. The molecule has 2 rings (SSSR count). The van der Waals surface area contributed by atoms with Crippen LogP contribution in [0.2, 0.25) is 0 Å². The number of aryl methyl sites for hydroxylation is 2. The van der Waals surface area contributed by atoms with Gasteiger partial charge in [0.1, 0.15) is 11.5 Å². The fourth-order valence-corrected chi connectivity index (χ4v) is 6.55. The van der Waals surface area contributed by atoms with Crippen LogP contribution in [0.5, 0.6) is 11.5 Å². The van der Waals surface area contributed by atoms with Gasteiger partial charge in [-0.05, 0) is 86.8 Å². The standard InChI is InChI=1S/C42H66N4O6/c1-5-9-11-13-15-17-21-31-23-27-37(47)35(29-31)41(51)45-43-39(49)33(19-7-3)25-26-34(20-8-4)40(50)44-46-42(52)36-30-32(24-28-38(36)48)22-18-16-14-12-10-6-2/h23-24,27-30,33-34,47-48H,5-22,25-26H2,1-4H3,(H,43,49)(H,44,50)(H,45,51)(H,46,52). The van der Waals surface area contributed by atoms with Gasteiger partial charge in [0.15, 0.2) is 0 Å². The zero-order valence-electron chi connectivity index (χ0n) is 32.3. The Kier molecular flexibility index (Phi) is 21.9. The van der Waals surface area contributed by atoms with E-state index in [-0.39, 0.29) is 34.4 Å². The van der Waals surface area contributed by atoms with Gasteiger partial charge in [0.25, 0.3) is 11.8 Å². The van der Waals surface area contributed by atoms with Crippen molar-refractivity contribution in [2.75, 3.05) is 0 Å². The van der Waals surface area contributed by atoms with E-state index >= 15 is 0 Å². The molecule has 2 aromatic rings. The number of hydrazine groups is 2. The molecule has 0 aliphatic carbocycles. The van der Waals surface area contributed by atoms with Crippen LogP contribution in [-0.2, 0) is 22.4 Å². The largest absolute Gasteiger partial charge is 0.507 e. The first-order chi connectivity index (χ1) is 25.1. The molecule has 0 aliphatic heterocycles. The number of hydrogen-bond acceptors (Lipinski definition) is 6. The van der Waals surface area contributed by atoms with Crippen LogP contribution in [0.15, 0.2) is 36.4 Å². The fraction of sp³-hybridized carbons (Fsp3) is 0.619. The first kappa shape index (κ1) is 44.1. The average molecular weight is 723 g/mol. The molecule has 0 heterocycles. The number of hydrogen-bond donors (Lipinski definition) is 6. The molecule has 2 unspecified atom stereocenters. The van der Waals surface area contributed by atoms with Crippen LogP contribution >= 0.6 is 0 Å². The van der Waals surface area contributed by atoms with E-state index in [0.717, 1.165) is 62.5 Å². The summed E-state index contributed by atoms with van der Waals surface area (Å²) >= 11 is 0. The van der Waals surface area contributed by atoms with E-state index < -0.39 is 23.7 Å². The van der Waals surface area contributed by atoms with E-state index in [9.17, 15) is 29.4 Å². The number of aromatic hydroxyl groups is 2. The number of phenolic OH excluding ortho intramolecular Hbond substituents is 2. The smallest absolute Gasteiger partial charge is 0.273 e. The summed E-state index contributed by atoms with van der Waals surface area (Å²) in [6.45, 7) is 8.32. The number of nitrogens with one attached hydrogen (secondary N) is 4. The molecule has 52 heavy (non-hydrogen) atoms. The van der Waals surface area contributed by atoms with Crippen LogP contribution in [0.4, 0.5) is 0 Å². The number of carbonyl (C=O) groups excluding carboxylic acids is 4. The van der Waals surface area contributed by atoms with E-state index in [0.29, 0.717) is 25.7 Å². The maximum atomic E-state index is 13.2. The van der Waals surface area contributed by atoms with Crippen LogP contribution in [0.1, 0.15) is 175 Å². The first-order valence-corrected chi connectivity index (χ1v) is 20.0. The van der Waals surface area contributed by atoms with Gasteiger partial charge in [0, 0.05) is 11.8 Å². The van der Waals surface area contributed by atoms with Crippen molar-refractivity contribution in [2.24, 2.45) is 11.8 Å². The quantitative estimate of drug-likeness (QED) is 0.0445. The van der Waals surface area contributed by atoms with Crippen molar-refractivity contribution in [3.8, 4) is 11.5 Å².